The summed E-state index contributed by atoms with van der Waals surface area (Å²) in [7, 11) is 1.56. The first-order valence-corrected chi connectivity index (χ1v) is 8.01. The van der Waals surface area contributed by atoms with Crippen molar-refractivity contribution in [2.45, 2.75) is 32.3 Å². The molecule has 0 atom stereocenters. The van der Waals surface area contributed by atoms with Gasteiger partial charge >= 0.3 is 0 Å². The number of amides is 1. The van der Waals surface area contributed by atoms with Crippen LogP contribution in [-0.2, 0) is 4.79 Å². The highest BCUT2D eigenvalue weighted by Gasteiger charge is 2.40. The number of rotatable bonds is 3. The number of hydrogen-bond donors (Lipinski definition) is 1. The molecule has 0 aliphatic carbocycles. The molecule has 6 heteroatoms. The quantitative estimate of drug-likeness (QED) is 0.863. The second-order valence-corrected chi connectivity index (χ2v) is 6.73. The van der Waals surface area contributed by atoms with Gasteiger partial charge in [0.15, 0.2) is 0 Å². The van der Waals surface area contributed by atoms with Crippen molar-refractivity contribution >= 4 is 11.6 Å². The van der Waals surface area contributed by atoms with Gasteiger partial charge in [0.1, 0.15) is 11.4 Å². The molecule has 0 aromatic heterocycles. The van der Waals surface area contributed by atoms with E-state index in [0.29, 0.717) is 24.3 Å². The Morgan fingerprint density at radius 2 is 2.21 bits per heavy atom. The fourth-order valence-corrected chi connectivity index (χ4v) is 3.34. The smallest absolute Gasteiger partial charge is 0.227 e. The topological polar surface area (TPSA) is 76.8 Å². The fourth-order valence-electron chi connectivity index (χ4n) is 3.34. The highest BCUT2D eigenvalue weighted by Crippen LogP contribution is 2.44. The number of hydroxylamine groups is 2. The van der Waals surface area contributed by atoms with Crippen LogP contribution in [-0.4, -0.2) is 46.8 Å². The Labute approximate surface area is 141 Å². The Morgan fingerprint density at radius 3 is 2.79 bits per heavy atom. The molecule has 1 N–H and O–H groups in total. The molecule has 1 fully saturated rings. The van der Waals surface area contributed by atoms with Crippen LogP contribution < -0.4 is 4.74 Å². The molecule has 1 aromatic carbocycles. The third kappa shape index (κ3) is 2.77. The van der Waals surface area contributed by atoms with Crippen LogP contribution in [0.5, 0.6) is 5.75 Å². The van der Waals surface area contributed by atoms with Crippen molar-refractivity contribution in [3.63, 3.8) is 0 Å². The molecule has 1 amide bonds. The summed E-state index contributed by atoms with van der Waals surface area (Å²) in [5, 5.41) is 20.1. The summed E-state index contributed by atoms with van der Waals surface area (Å²) in [6, 6.07) is 7.37. The monoisotopic (exact) mass is 327 g/mol. The van der Waals surface area contributed by atoms with Crippen LogP contribution in [0.1, 0.15) is 37.8 Å². The van der Waals surface area contributed by atoms with Crippen molar-refractivity contribution in [2.75, 3.05) is 20.1 Å². The van der Waals surface area contributed by atoms with E-state index >= 15 is 0 Å². The van der Waals surface area contributed by atoms with Gasteiger partial charge in [-0.3, -0.25) is 4.79 Å². The molecule has 1 aromatic rings. The molecule has 0 radical (unpaired) electrons. The largest absolute Gasteiger partial charge is 0.483 e. The Balaban J connectivity index is 2.25. The van der Waals surface area contributed by atoms with E-state index in [1.165, 1.54) is 0 Å². The number of fused-ring (bicyclic) bond motifs is 1. The van der Waals surface area contributed by atoms with Crippen LogP contribution in [0, 0.1) is 11.3 Å². The predicted molar refractivity (Wildman–Crippen MR) is 88.1 cm³/mol. The van der Waals surface area contributed by atoms with Gasteiger partial charge in [-0.1, -0.05) is 0 Å². The number of benzene rings is 1. The number of likely N-dealkylation sites (N-methyl/N-ethyl adjacent to an activating group) is 1. The van der Waals surface area contributed by atoms with E-state index in [-0.39, 0.29) is 12.5 Å². The lowest BCUT2D eigenvalue weighted by Gasteiger charge is -2.40. The van der Waals surface area contributed by atoms with Gasteiger partial charge in [0, 0.05) is 31.1 Å². The van der Waals surface area contributed by atoms with E-state index in [4.69, 9.17) is 4.74 Å². The van der Waals surface area contributed by atoms with E-state index < -0.39 is 5.60 Å². The number of hydrogen-bond acceptors (Lipinski definition) is 5. The van der Waals surface area contributed by atoms with Crippen LogP contribution in [0.15, 0.2) is 23.8 Å². The lowest BCUT2D eigenvalue weighted by atomic mass is 9.88. The average Bonchev–Trinajstić information content (AvgIpc) is 2.93. The van der Waals surface area contributed by atoms with E-state index in [0.717, 1.165) is 28.3 Å². The number of nitriles is 1. The molecule has 3 rings (SSSR count). The number of ether oxygens (including phenoxy) is 1. The fraction of sp³-hybridized carbons (Fsp3) is 0.444. The predicted octanol–water partition coefficient (Wildman–Crippen LogP) is 2.38. The van der Waals surface area contributed by atoms with Gasteiger partial charge in [-0.05, 0) is 38.5 Å². The van der Waals surface area contributed by atoms with Crippen molar-refractivity contribution in [1.82, 2.24) is 9.96 Å². The average molecular weight is 327 g/mol. The van der Waals surface area contributed by atoms with Crippen LogP contribution >= 0.6 is 0 Å². The summed E-state index contributed by atoms with van der Waals surface area (Å²) in [4.78, 5) is 14.2. The molecular formula is C18H21N3O3. The van der Waals surface area contributed by atoms with Gasteiger partial charge in [0.2, 0.25) is 5.91 Å². The van der Waals surface area contributed by atoms with Crippen molar-refractivity contribution < 1.29 is 14.7 Å². The van der Waals surface area contributed by atoms with Crippen molar-refractivity contribution in [1.29, 1.82) is 5.26 Å². The number of likely N-dealkylation sites (tertiary alicyclic amines) is 1. The molecule has 2 heterocycles. The van der Waals surface area contributed by atoms with E-state index in [9.17, 15) is 15.3 Å². The first-order chi connectivity index (χ1) is 11.3. The van der Waals surface area contributed by atoms with Gasteiger partial charge in [0.25, 0.3) is 0 Å². The van der Waals surface area contributed by atoms with Crippen LogP contribution in [0.4, 0.5) is 0 Å². The van der Waals surface area contributed by atoms with Gasteiger partial charge in [0.05, 0.1) is 23.9 Å². The van der Waals surface area contributed by atoms with Gasteiger partial charge < -0.3 is 14.8 Å². The summed E-state index contributed by atoms with van der Waals surface area (Å²) >= 11 is 0. The first-order valence-electron chi connectivity index (χ1n) is 8.01. The third-order valence-electron chi connectivity index (χ3n) is 4.47. The number of carbonyl (C=O) groups is 1. The minimum Gasteiger partial charge on any atom is -0.483 e. The Morgan fingerprint density at radius 1 is 1.46 bits per heavy atom. The van der Waals surface area contributed by atoms with E-state index in [1.807, 2.05) is 13.8 Å². The maximum atomic E-state index is 12.4. The Bertz CT molecular complexity index is 759. The first kappa shape index (κ1) is 16.5. The van der Waals surface area contributed by atoms with E-state index in [2.05, 4.69) is 6.07 Å². The molecular weight excluding hydrogens is 306 g/mol. The van der Waals surface area contributed by atoms with Crippen LogP contribution in [0.3, 0.4) is 0 Å². The van der Waals surface area contributed by atoms with E-state index in [1.54, 1.807) is 30.1 Å². The summed E-state index contributed by atoms with van der Waals surface area (Å²) in [5.41, 5.74) is 2.17. The summed E-state index contributed by atoms with van der Waals surface area (Å²) in [6.07, 6.45) is 1.32. The normalized spacial score (nSPS) is 19.3. The van der Waals surface area contributed by atoms with Gasteiger partial charge in [-0.2, -0.15) is 10.3 Å². The molecule has 1 saturated heterocycles. The molecule has 126 valence electrons. The second kappa shape index (κ2) is 5.93. The molecule has 24 heavy (non-hydrogen) atoms. The zero-order valence-corrected chi connectivity index (χ0v) is 14.2. The maximum Gasteiger partial charge on any atom is 0.227 e. The van der Waals surface area contributed by atoms with Crippen molar-refractivity contribution in [3.8, 4) is 11.8 Å². The van der Waals surface area contributed by atoms with Crippen LogP contribution in [0.2, 0.25) is 0 Å². The third-order valence-corrected chi connectivity index (χ3v) is 4.47. The SMILES string of the molecule is CN(O)CC1=C(N2CCCC2=O)c2cc(C#N)ccc2OC1(C)C. The summed E-state index contributed by atoms with van der Waals surface area (Å²) in [5.74, 6) is 0.715. The van der Waals surface area contributed by atoms with Crippen molar-refractivity contribution in [3.05, 3.63) is 34.9 Å². The zero-order valence-electron chi connectivity index (χ0n) is 14.2. The molecule has 2 aliphatic rings. The number of nitrogens with zero attached hydrogens (tertiary/aromatic N) is 3. The zero-order chi connectivity index (χ0) is 17.5. The van der Waals surface area contributed by atoms with Gasteiger partial charge in [-0.25, -0.2) is 0 Å². The van der Waals surface area contributed by atoms with Crippen LogP contribution in [0.25, 0.3) is 5.70 Å². The summed E-state index contributed by atoms with van der Waals surface area (Å²) < 4.78 is 6.11. The lowest BCUT2D eigenvalue weighted by Crippen LogP contribution is -2.42. The minimum absolute atomic E-state index is 0.0640. The van der Waals surface area contributed by atoms with Crippen molar-refractivity contribution in [2.24, 2.45) is 0 Å². The highest BCUT2D eigenvalue weighted by molar-refractivity contribution is 5.91. The van der Waals surface area contributed by atoms with Gasteiger partial charge in [-0.15, -0.1) is 0 Å². The molecule has 6 nitrogen and oxygen atoms in total. The molecule has 0 spiro atoms. The highest BCUT2D eigenvalue weighted by atomic mass is 16.5. The number of carbonyl (C=O) groups excluding carboxylic acids is 1. The second-order valence-electron chi connectivity index (χ2n) is 6.73. The molecule has 0 unspecified atom stereocenters. The lowest BCUT2D eigenvalue weighted by molar-refractivity contribution is -0.125. The minimum atomic E-state index is -0.670. The molecule has 2 aliphatic heterocycles. The molecule has 0 saturated carbocycles. The summed E-state index contributed by atoms with van der Waals surface area (Å²) in [6.45, 7) is 4.74. The standard InChI is InChI=1S/C18H21N3O3/c1-18(2)14(11-20(3)23)17(21-8-4-5-16(21)22)13-9-12(10-19)6-7-15(13)24-18/h6-7,9,23H,4-5,8,11H2,1-3H3. The Hall–Kier alpha value is -2.36. The Kier molecular flexibility index (Phi) is 4.08. The molecule has 0 bridgehead atoms. The maximum absolute atomic E-state index is 12.4.